The van der Waals surface area contributed by atoms with E-state index in [1.165, 1.54) is 0 Å². The molecule has 0 aromatic heterocycles. The number of hydrogen-bond donors (Lipinski definition) is 2. The smallest absolute Gasteiger partial charge is 0.264 e. The van der Waals surface area contributed by atoms with Gasteiger partial charge in [0.15, 0.2) is 5.60 Å². The Kier molecular flexibility index (Phi) is 9.98. The van der Waals surface area contributed by atoms with Crippen molar-refractivity contribution >= 4 is 45.0 Å². The number of halogens is 1. The van der Waals surface area contributed by atoms with Crippen molar-refractivity contribution in [3.05, 3.63) is 106 Å². The summed E-state index contributed by atoms with van der Waals surface area (Å²) in [4.78, 5) is 44.3. The van der Waals surface area contributed by atoms with Crippen molar-refractivity contribution in [2.75, 3.05) is 29.5 Å². The molecule has 44 heavy (non-hydrogen) atoms. The third-order valence-corrected chi connectivity index (χ3v) is 8.95. The van der Waals surface area contributed by atoms with Gasteiger partial charge < -0.3 is 24.9 Å². The van der Waals surface area contributed by atoms with Crippen LogP contribution in [0.4, 0.5) is 11.4 Å². The van der Waals surface area contributed by atoms with Gasteiger partial charge in [-0.25, -0.2) is 0 Å². The number of nitrogens with zero attached hydrogens (tertiary/aromatic N) is 3. The molecule has 3 amide bonds. The summed E-state index contributed by atoms with van der Waals surface area (Å²) in [5, 5.41) is 21.5. The maximum absolute atomic E-state index is 14.0. The van der Waals surface area contributed by atoms with Gasteiger partial charge in [-0.2, -0.15) is 0 Å². The molecule has 2 heterocycles. The van der Waals surface area contributed by atoms with Gasteiger partial charge in [-0.3, -0.25) is 14.4 Å². The summed E-state index contributed by atoms with van der Waals surface area (Å²) in [6.45, 7) is 3.19. The quantitative estimate of drug-likeness (QED) is 0.272. The minimum Gasteiger partial charge on any atom is -0.395 e. The predicted octanol–water partition coefficient (Wildman–Crippen LogP) is 5.30. The molecule has 230 valence electrons. The Morgan fingerprint density at radius 3 is 2.50 bits per heavy atom. The van der Waals surface area contributed by atoms with Crippen molar-refractivity contribution in [1.82, 2.24) is 4.90 Å². The fourth-order valence-electron chi connectivity index (χ4n) is 5.98. The molecular weight excluding hydrogens is 622 g/mol. The average molecular weight is 661 g/mol. The van der Waals surface area contributed by atoms with E-state index in [0.29, 0.717) is 30.8 Å². The highest BCUT2D eigenvalue weighted by atomic mass is 79.9. The summed E-state index contributed by atoms with van der Waals surface area (Å²) in [7, 11) is 0. The van der Waals surface area contributed by atoms with E-state index in [2.05, 4.69) is 15.9 Å². The highest BCUT2D eigenvalue weighted by molar-refractivity contribution is 9.10. The summed E-state index contributed by atoms with van der Waals surface area (Å²) in [5.74, 6) is -1.09. The molecule has 0 radical (unpaired) electrons. The first-order valence-corrected chi connectivity index (χ1v) is 15.8. The highest BCUT2D eigenvalue weighted by Gasteiger charge is 2.52. The van der Waals surface area contributed by atoms with Gasteiger partial charge in [0.1, 0.15) is 0 Å². The molecule has 0 spiro atoms. The van der Waals surface area contributed by atoms with Crippen molar-refractivity contribution < 1.29 is 24.6 Å². The SMILES string of the molecule is C[C@H](/C=C/CC(=O)N(CCO)Cc1ccccc1)[C@@]1(O)C(=O)N(Cc2ccc(N3CCCCC3=O)cc2)c2ccc(Br)cc21. The van der Waals surface area contributed by atoms with Crippen LogP contribution in [-0.2, 0) is 33.1 Å². The van der Waals surface area contributed by atoms with Gasteiger partial charge in [-0.1, -0.05) is 77.5 Å². The first kappa shape index (κ1) is 31.6. The number of aliphatic hydroxyl groups excluding tert-OH is 1. The summed E-state index contributed by atoms with van der Waals surface area (Å²) in [5.41, 5.74) is 2.00. The van der Waals surface area contributed by atoms with Crippen molar-refractivity contribution in [2.24, 2.45) is 5.92 Å². The van der Waals surface area contributed by atoms with Gasteiger partial charge in [0.2, 0.25) is 11.8 Å². The zero-order valence-corrected chi connectivity index (χ0v) is 26.4. The van der Waals surface area contributed by atoms with E-state index in [1.807, 2.05) is 71.6 Å². The summed E-state index contributed by atoms with van der Waals surface area (Å²) < 4.78 is 0.742. The molecule has 2 N–H and O–H groups in total. The third-order valence-electron chi connectivity index (χ3n) is 8.46. The molecular formula is C35H38BrN3O5. The van der Waals surface area contributed by atoms with E-state index >= 15 is 0 Å². The van der Waals surface area contributed by atoms with Crippen molar-refractivity contribution in [3.63, 3.8) is 0 Å². The molecule has 3 aromatic carbocycles. The van der Waals surface area contributed by atoms with Crippen LogP contribution in [0.1, 0.15) is 49.3 Å². The van der Waals surface area contributed by atoms with Crippen LogP contribution >= 0.6 is 15.9 Å². The predicted molar refractivity (Wildman–Crippen MR) is 174 cm³/mol. The standard InChI is InChI=1S/C35H38BrN3O5/c1-25(8-7-12-32(41)37(20-21-40)23-26-9-3-2-4-10-26)35(44)30-22-28(36)15-18-31(30)39(34(35)43)24-27-13-16-29(17-14-27)38-19-6-5-11-33(38)42/h2-4,7-10,13-18,22,25,40,44H,5-6,11-12,19-21,23-24H2,1H3/b8-7+/t25-,35+/m1/s1. The van der Waals surface area contributed by atoms with Gasteiger partial charge in [0.05, 0.1) is 18.8 Å². The highest BCUT2D eigenvalue weighted by Crippen LogP contribution is 2.46. The number of carbonyl (C=O) groups is 3. The Morgan fingerprint density at radius 1 is 1.05 bits per heavy atom. The van der Waals surface area contributed by atoms with Crippen LogP contribution in [0.5, 0.6) is 0 Å². The van der Waals surface area contributed by atoms with Crippen LogP contribution in [-0.4, -0.2) is 52.5 Å². The number of aliphatic hydroxyl groups is 2. The van der Waals surface area contributed by atoms with Crippen LogP contribution < -0.4 is 9.80 Å². The Labute approximate surface area is 266 Å². The Balaban J connectivity index is 1.31. The van der Waals surface area contributed by atoms with Gasteiger partial charge in [-0.15, -0.1) is 0 Å². The molecule has 0 saturated carbocycles. The summed E-state index contributed by atoms with van der Waals surface area (Å²) in [6.07, 6.45) is 5.94. The summed E-state index contributed by atoms with van der Waals surface area (Å²) in [6, 6.07) is 22.7. The van der Waals surface area contributed by atoms with Crippen LogP contribution in [0.2, 0.25) is 0 Å². The van der Waals surface area contributed by atoms with E-state index in [0.717, 1.165) is 34.1 Å². The molecule has 2 atom stereocenters. The van der Waals surface area contributed by atoms with Gasteiger partial charge in [0.25, 0.3) is 5.91 Å². The molecule has 3 aromatic rings. The van der Waals surface area contributed by atoms with Gasteiger partial charge >= 0.3 is 0 Å². The lowest BCUT2D eigenvalue weighted by atomic mass is 9.83. The van der Waals surface area contributed by atoms with Crippen LogP contribution in [0.25, 0.3) is 0 Å². The maximum atomic E-state index is 14.0. The maximum Gasteiger partial charge on any atom is 0.264 e. The molecule has 0 aliphatic carbocycles. The average Bonchev–Trinajstić information content (AvgIpc) is 3.24. The van der Waals surface area contributed by atoms with E-state index in [4.69, 9.17) is 0 Å². The fraction of sp³-hybridized carbons (Fsp3) is 0.343. The van der Waals surface area contributed by atoms with Crippen molar-refractivity contribution in [3.8, 4) is 0 Å². The minimum absolute atomic E-state index is 0.0718. The second kappa shape index (κ2) is 13.9. The lowest BCUT2D eigenvalue weighted by Crippen LogP contribution is -2.44. The van der Waals surface area contributed by atoms with E-state index in [-0.39, 0.29) is 37.9 Å². The van der Waals surface area contributed by atoms with E-state index < -0.39 is 17.4 Å². The zero-order chi connectivity index (χ0) is 31.3. The molecule has 1 saturated heterocycles. The molecule has 5 rings (SSSR count). The lowest BCUT2D eigenvalue weighted by Gasteiger charge is -2.28. The molecule has 2 aliphatic heterocycles. The van der Waals surface area contributed by atoms with E-state index in [1.54, 1.807) is 34.9 Å². The number of amides is 3. The molecule has 0 bridgehead atoms. The van der Waals surface area contributed by atoms with Crippen molar-refractivity contribution in [1.29, 1.82) is 0 Å². The van der Waals surface area contributed by atoms with Crippen LogP contribution in [0.3, 0.4) is 0 Å². The number of anilines is 2. The Morgan fingerprint density at radius 2 is 1.80 bits per heavy atom. The third kappa shape index (κ3) is 6.65. The Bertz CT molecular complexity index is 1530. The second-order valence-electron chi connectivity index (χ2n) is 11.4. The van der Waals surface area contributed by atoms with Gasteiger partial charge in [-0.05, 0) is 54.3 Å². The number of rotatable bonds is 11. The lowest BCUT2D eigenvalue weighted by molar-refractivity contribution is -0.139. The van der Waals surface area contributed by atoms with Crippen molar-refractivity contribution in [2.45, 2.75) is 51.3 Å². The van der Waals surface area contributed by atoms with Crippen LogP contribution in [0.15, 0.2) is 89.4 Å². The molecule has 2 aliphatic rings. The summed E-state index contributed by atoms with van der Waals surface area (Å²) >= 11 is 3.49. The second-order valence-corrected chi connectivity index (χ2v) is 12.3. The monoisotopic (exact) mass is 659 g/mol. The number of fused-ring (bicyclic) bond motifs is 1. The normalized spacial score (nSPS) is 19.0. The zero-order valence-electron chi connectivity index (χ0n) is 24.9. The topological polar surface area (TPSA) is 101 Å². The number of benzene rings is 3. The number of piperidine rings is 1. The van der Waals surface area contributed by atoms with E-state index in [9.17, 15) is 24.6 Å². The number of carbonyl (C=O) groups excluding carboxylic acids is 3. The number of hydrogen-bond acceptors (Lipinski definition) is 5. The largest absolute Gasteiger partial charge is 0.395 e. The first-order chi connectivity index (χ1) is 21.2. The van der Waals surface area contributed by atoms with Gasteiger partial charge in [0, 0.05) is 54.1 Å². The Hall–Kier alpha value is -3.79. The minimum atomic E-state index is -1.83. The first-order valence-electron chi connectivity index (χ1n) is 15.0. The molecule has 1 fully saturated rings. The molecule has 8 nitrogen and oxygen atoms in total. The fourth-order valence-corrected chi connectivity index (χ4v) is 6.34. The molecule has 0 unspecified atom stereocenters. The van der Waals surface area contributed by atoms with Crippen LogP contribution in [0, 0.1) is 5.92 Å². The molecule has 9 heteroatoms.